The predicted octanol–water partition coefficient (Wildman–Crippen LogP) is 4.51. The number of fused-ring (bicyclic) bond motifs is 1. The molecule has 0 saturated carbocycles. The molecule has 1 aliphatic rings. The summed E-state index contributed by atoms with van der Waals surface area (Å²) in [6.07, 6.45) is 2.97. The van der Waals surface area contributed by atoms with Crippen LogP contribution in [0.5, 0.6) is 0 Å². The zero-order valence-electron chi connectivity index (χ0n) is 16.1. The van der Waals surface area contributed by atoms with Gasteiger partial charge in [0.05, 0.1) is 0 Å². The summed E-state index contributed by atoms with van der Waals surface area (Å²) in [5.41, 5.74) is 2.18. The van der Waals surface area contributed by atoms with Gasteiger partial charge in [-0.05, 0) is 56.0 Å². The molecule has 26 heavy (non-hydrogen) atoms. The van der Waals surface area contributed by atoms with Crippen LogP contribution >= 0.6 is 12.4 Å². The van der Waals surface area contributed by atoms with Gasteiger partial charge in [0.25, 0.3) is 0 Å². The number of nitrogens with one attached hydrogen (secondary N) is 2. The number of hydrogen-bond donors (Lipinski definition) is 2. The second kappa shape index (κ2) is 8.40. The fraction of sp³-hybridized carbons (Fsp3) is 0.600. The van der Waals surface area contributed by atoms with Gasteiger partial charge >= 0.3 is 0 Å². The first kappa shape index (κ1) is 20.7. The van der Waals surface area contributed by atoms with Gasteiger partial charge in [-0.3, -0.25) is 4.79 Å². The van der Waals surface area contributed by atoms with E-state index in [0.717, 1.165) is 29.9 Å². The molecule has 144 valence electrons. The second-order valence-corrected chi connectivity index (χ2v) is 8.29. The van der Waals surface area contributed by atoms with Gasteiger partial charge in [0.2, 0.25) is 11.8 Å². The van der Waals surface area contributed by atoms with Crippen LogP contribution in [0.1, 0.15) is 52.8 Å². The minimum Gasteiger partial charge on any atom is -0.440 e. The van der Waals surface area contributed by atoms with Gasteiger partial charge in [0.15, 0.2) is 5.58 Å². The van der Waals surface area contributed by atoms with Crippen LogP contribution in [0.2, 0.25) is 0 Å². The molecule has 0 radical (unpaired) electrons. The van der Waals surface area contributed by atoms with Gasteiger partial charge in [-0.2, -0.15) is 0 Å². The van der Waals surface area contributed by atoms with E-state index < -0.39 is 0 Å². The molecule has 2 N–H and O–H groups in total. The molecular formula is C20H30ClN3O2. The second-order valence-electron chi connectivity index (χ2n) is 8.29. The highest BCUT2D eigenvalue weighted by atomic mass is 35.5. The quantitative estimate of drug-likeness (QED) is 0.820. The number of benzene rings is 1. The minimum absolute atomic E-state index is 0. The molecule has 1 aromatic heterocycles. The molecule has 1 amide bonds. The van der Waals surface area contributed by atoms with Crippen LogP contribution in [0.15, 0.2) is 22.6 Å². The first-order chi connectivity index (χ1) is 11.8. The number of halogens is 1. The molecule has 1 saturated heterocycles. The van der Waals surface area contributed by atoms with E-state index >= 15 is 0 Å². The van der Waals surface area contributed by atoms with Crippen molar-refractivity contribution in [3.05, 3.63) is 24.1 Å². The molecular weight excluding hydrogens is 350 g/mol. The van der Waals surface area contributed by atoms with Crippen molar-refractivity contribution in [2.75, 3.05) is 18.4 Å². The van der Waals surface area contributed by atoms with Crippen LogP contribution < -0.4 is 10.6 Å². The standard InChI is InChI=1S/C20H29N3O2.ClH/c1-13(14-6-5-9-21-12-14)10-18(24)22-15-7-8-17-16(11-15)23-19(25-17)20(2,3)4;/h7-8,11,13-14,21H,5-6,9-10,12H2,1-4H3,(H,22,24);1H. The number of hydrogen-bond acceptors (Lipinski definition) is 4. The predicted molar refractivity (Wildman–Crippen MR) is 108 cm³/mol. The van der Waals surface area contributed by atoms with Gasteiger partial charge in [-0.15, -0.1) is 12.4 Å². The fourth-order valence-electron chi connectivity index (χ4n) is 3.36. The Morgan fingerprint density at radius 2 is 2.19 bits per heavy atom. The van der Waals surface area contributed by atoms with Gasteiger partial charge < -0.3 is 15.1 Å². The first-order valence-electron chi connectivity index (χ1n) is 9.24. The first-order valence-corrected chi connectivity index (χ1v) is 9.24. The topological polar surface area (TPSA) is 67.2 Å². The molecule has 2 aromatic rings. The normalized spacial score (nSPS) is 19.0. The van der Waals surface area contributed by atoms with Gasteiger partial charge in [0.1, 0.15) is 5.52 Å². The third-order valence-corrected chi connectivity index (χ3v) is 4.96. The Labute approximate surface area is 161 Å². The minimum atomic E-state index is -0.133. The smallest absolute Gasteiger partial charge is 0.224 e. The summed E-state index contributed by atoms with van der Waals surface area (Å²) in [7, 11) is 0. The third kappa shape index (κ3) is 4.98. The number of carbonyl (C=O) groups excluding carboxylic acids is 1. The summed E-state index contributed by atoms with van der Waals surface area (Å²) in [4.78, 5) is 17.0. The number of aromatic nitrogens is 1. The van der Waals surface area contributed by atoms with Crippen molar-refractivity contribution in [2.24, 2.45) is 11.8 Å². The van der Waals surface area contributed by atoms with Crippen molar-refractivity contribution in [1.29, 1.82) is 0 Å². The highest BCUT2D eigenvalue weighted by molar-refractivity contribution is 5.92. The monoisotopic (exact) mass is 379 g/mol. The van der Waals surface area contributed by atoms with Crippen LogP contribution in [-0.2, 0) is 10.2 Å². The van der Waals surface area contributed by atoms with E-state index in [0.29, 0.717) is 24.1 Å². The molecule has 3 rings (SSSR count). The SMILES string of the molecule is CC(CC(=O)Nc1ccc2oc(C(C)(C)C)nc2c1)C1CCCNC1.Cl. The average molecular weight is 380 g/mol. The molecule has 1 aromatic carbocycles. The Morgan fingerprint density at radius 1 is 1.42 bits per heavy atom. The lowest BCUT2D eigenvalue weighted by molar-refractivity contribution is -0.117. The molecule has 1 fully saturated rings. The molecule has 6 heteroatoms. The van der Waals surface area contributed by atoms with Crippen molar-refractivity contribution in [2.45, 2.75) is 52.4 Å². The largest absolute Gasteiger partial charge is 0.440 e. The molecule has 5 nitrogen and oxygen atoms in total. The lowest BCUT2D eigenvalue weighted by atomic mass is 9.85. The van der Waals surface area contributed by atoms with Crippen LogP contribution in [0, 0.1) is 11.8 Å². The van der Waals surface area contributed by atoms with Gasteiger partial charge in [0, 0.05) is 17.5 Å². The number of nitrogens with zero attached hydrogens (tertiary/aromatic N) is 1. The Balaban J connectivity index is 0.00000243. The maximum Gasteiger partial charge on any atom is 0.224 e. The molecule has 2 atom stereocenters. The zero-order valence-corrected chi connectivity index (χ0v) is 16.9. The van der Waals surface area contributed by atoms with E-state index in [2.05, 4.69) is 43.3 Å². The van der Waals surface area contributed by atoms with Crippen LogP contribution in [0.25, 0.3) is 11.1 Å². The summed E-state index contributed by atoms with van der Waals surface area (Å²) in [5.74, 6) is 1.75. The number of oxazole rings is 1. The van der Waals surface area contributed by atoms with E-state index in [9.17, 15) is 4.79 Å². The van der Waals surface area contributed by atoms with E-state index in [4.69, 9.17) is 4.42 Å². The molecule has 0 bridgehead atoms. The van der Waals surface area contributed by atoms with E-state index in [1.54, 1.807) is 0 Å². The highest BCUT2D eigenvalue weighted by Crippen LogP contribution is 2.28. The number of amides is 1. The molecule has 0 spiro atoms. The number of rotatable bonds is 4. The van der Waals surface area contributed by atoms with Crippen molar-refractivity contribution in [1.82, 2.24) is 10.3 Å². The van der Waals surface area contributed by atoms with Crippen LogP contribution in [0.3, 0.4) is 0 Å². The number of piperidine rings is 1. The van der Waals surface area contributed by atoms with Crippen LogP contribution in [0.4, 0.5) is 5.69 Å². The Hall–Kier alpha value is -1.59. The Morgan fingerprint density at radius 3 is 2.85 bits per heavy atom. The maximum atomic E-state index is 12.4. The van der Waals surface area contributed by atoms with Crippen molar-refractivity contribution >= 4 is 35.1 Å². The van der Waals surface area contributed by atoms with E-state index in [1.165, 1.54) is 12.8 Å². The Kier molecular flexibility index (Phi) is 6.69. The van der Waals surface area contributed by atoms with Crippen LogP contribution in [-0.4, -0.2) is 24.0 Å². The third-order valence-electron chi connectivity index (χ3n) is 4.96. The summed E-state index contributed by atoms with van der Waals surface area (Å²) in [6.45, 7) is 10.5. The molecule has 1 aliphatic heterocycles. The summed E-state index contributed by atoms with van der Waals surface area (Å²) < 4.78 is 5.81. The van der Waals surface area contributed by atoms with Gasteiger partial charge in [-0.25, -0.2) is 4.98 Å². The zero-order chi connectivity index (χ0) is 18.0. The highest BCUT2D eigenvalue weighted by Gasteiger charge is 2.23. The number of carbonyl (C=O) groups is 1. The maximum absolute atomic E-state index is 12.4. The molecule has 2 unspecified atom stereocenters. The molecule has 2 heterocycles. The summed E-state index contributed by atoms with van der Waals surface area (Å²) in [5, 5.41) is 6.43. The van der Waals surface area contributed by atoms with Crippen molar-refractivity contribution < 1.29 is 9.21 Å². The number of anilines is 1. The lowest BCUT2D eigenvalue weighted by Gasteiger charge is -2.28. The van der Waals surface area contributed by atoms with Crippen molar-refractivity contribution in [3.8, 4) is 0 Å². The lowest BCUT2D eigenvalue weighted by Crippen LogP contribution is -2.34. The van der Waals surface area contributed by atoms with E-state index in [1.807, 2.05) is 18.2 Å². The average Bonchev–Trinajstić information content (AvgIpc) is 2.99. The summed E-state index contributed by atoms with van der Waals surface area (Å²) in [6, 6.07) is 5.64. The van der Waals surface area contributed by atoms with Crippen molar-refractivity contribution in [3.63, 3.8) is 0 Å². The Bertz CT molecular complexity index is 745. The van der Waals surface area contributed by atoms with Gasteiger partial charge in [-0.1, -0.05) is 27.7 Å². The van der Waals surface area contributed by atoms with E-state index in [-0.39, 0.29) is 23.7 Å². The summed E-state index contributed by atoms with van der Waals surface area (Å²) >= 11 is 0. The fourth-order valence-corrected chi connectivity index (χ4v) is 3.36. The molecule has 0 aliphatic carbocycles.